The third kappa shape index (κ3) is 3.52. The minimum atomic E-state index is -3.00. The molecule has 0 saturated heterocycles. The van der Waals surface area contributed by atoms with Gasteiger partial charge in [-0.2, -0.15) is 0 Å². The second-order valence-electron chi connectivity index (χ2n) is 4.98. The lowest BCUT2D eigenvalue weighted by Gasteiger charge is -2.41. The summed E-state index contributed by atoms with van der Waals surface area (Å²) in [6, 6.07) is 0.834. The zero-order valence-corrected chi connectivity index (χ0v) is 18.1. The van der Waals surface area contributed by atoms with Gasteiger partial charge in [0.1, 0.15) is 8.07 Å². The molecule has 0 radical (unpaired) electrons. The zero-order valence-electron chi connectivity index (χ0n) is 15.1. The van der Waals surface area contributed by atoms with E-state index in [2.05, 4.69) is 26.6 Å². The van der Waals surface area contributed by atoms with Crippen LogP contribution >= 0.6 is 0 Å². The molecule has 0 N–H and O–H groups in total. The lowest BCUT2D eigenvalue weighted by Crippen LogP contribution is -2.61. The van der Waals surface area contributed by atoms with Crippen LogP contribution in [0, 0.1) is 0 Å². The van der Waals surface area contributed by atoms with Gasteiger partial charge >= 0.3 is 17.6 Å². The molecule has 6 nitrogen and oxygen atoms in total. The van der Waals surface area contributed by atoms with Crippen LogP contribution in [0.4, 0.5) is 0 Å². The van der Waals surface area contributed by atoms with Crippen molar-refractivity contribution in [1.82, 2.24) is 0 Å². The first-order valence-corrected chi connectivity index (χ1v) is 13.1. The third-order valence-corrected chi connectivity index (χ3v) is 18.3. The van der Waals surface area contributed by atoms with E-state index in [0.717, 1.165) is 15.7 Å². The van der Waals surface area contributed by atoms with Gasteiger partial charge in [-0.3, -0.25) is 0 Å². The van der Waals surface area contributed by atoms with Gasteiger partial charge in [0, 0.05) is 42.7 Å². The van der Waals surface area contributed by atoms with E-state index in [1.54, 1.807) is 42.7 Å². The molecule has 9 heteroatoms. The molecule has 0 aliphatic rings. The van der Waals surface area contributed by atoms with Gasteiger partial charge in [0.05, 0.1) is 0 Å². The van der Waals surface area contributed by atoms with E-state index < -0.39 is 25.7 Å². The molecule has 130 valence electrons. The Morgan fingerprint density at radius 3 is 1.05 bits per heavy atom. The van der Waals surface area contributed by atoms with Crippen LogP contribution in [0.2, 0.25) is 12.6 Å². The molecule has 0 heterocycles. The molecule has 0 aromatic carbocycles. The first-order valence-electron chi connectivity index (χ1n) is 6.94. The normalized spacial score (nSPS) is 13.3. The Labute approximate surface area is 137 Å². The maximum absolute atomic E-state index is 5.59. The highest BCUT2D eigenvalue weighted by molar-refractivity contribution is 7.11. The second kappa shape index (κ2) is 8.66. The van der Waals surface area contributed by atoms with Crippen molar-refractivity contribution < 1.29 is 26.6 Å². The maximum atomic E-state index is 5.59. The first kappa shape index (κ1) is 21.9. The van der Waals surface area contributed by atoms with Crippen molar-refractivity contribution in [3.8, 4) is 0 Å². The summed E-state index contributed by atoms with van der Waals surface area (Å²) in [5.41, 5.74) is 0. The second-order valence-corrected chi connectivity index (χ2v) is 16.4. The fourth-order valence-electron chi connectivity index (χ4n) is 2.52. The summed E-state index contributed by atoms with van der Waals surface area (Å²) in [5, 5.41) is 0. The zero-order chi connectivity index (χ0) is 17.6. The summed E-state index contributed by atoms with van der Waals surface area (Å²) in [4.78, 5) is 1.67. The average molecular weight is 367 g/mol. The lowest BCUT2D eigenvalue weighted by molar-refractivity contribution is 0.135. The summed E-state index contributed by atoms with van der Waals surface area (Å²) in [5.74, 6) is 0. The molecule has 0 aromatic rings. The molecule has 0 amide bonds. The van der Waals surface area contributed by atoms with Gasteiger partial charge in [0.2, 0.25) is 0 Å². The Morgan fingerprint density at radius 2 is 0.909 bits per heavy atom. The Balaban J connectivity index is 5.98. The highest BCUT2D eigenvalue weighted by Crippen LogP contribution is 2.37. The predicted molar refractivity (Wildman–Crippen MR) is 93.9 cm³/mol. The molecule has 0 rings (SSSR count). The average Bonchev–Trinajstić information content (AvgIpc) is 2.57. The van der Waals surface area contributed by atoms with Crippen molar-refractivity contribution in [2.24, 2.45) is 0 Å². The van der Waals surface area contributed by atoms with Gasteiger partial charge in [-0.25, -0.2) is 0 Å². The number of hydrogen-bond acceptors (Lipinski definition) is 6. The van der Waals surface area contributed by atoms with E-state index in [4.69, 9.17) is 26.6 Å². The number of rotatable bonds is 11. The third-order valence-electron chi connectivity index (χ3n) is 4.39. The van der Waals surface area contributed by atoms with Crippen LogP contribution in [0.5, 0.6) is 0 Å². The molecule has 0 bridgehead atoms. The van der Waals surface area contributed by atoms with Gasteiger partial charge in [0.15, 0.2) is 0 Å². The summed E-state index contributed by atoms with van der Waals surface area (Å²) in [6.07, 6.45) is 0. The molecular formula is C13H30O6Si3. The molecule has 0 aliphatic carbocycles. The Morgan fingerprint density at radius 1 is 0.682 bits per heavy atom. The van der Waals surface area contributed by atoms with Crippen molar-refractivity contribution in [2.45, 2.75) is 19.5 Å². The molecule has 22 heavy (non-hydrogen) atoms. The fraction of sp³-hybridized carbons (Fsp3) is 0.692. The van der Waals surface area contributed by atoms with Gasteiger partial charge in [-0.1, -0.05) is 19.5 Å². The fourth-order valence-corrected chi connectivity index (χ4v) is 15.8. The van der Waals surface area contributed by atoms with E-state index in [-0.39, 0.29) is 0 Å². The largest absolute Gasteiger partial charge is 0.527 e. The molecule has 0 aliphatic heterocycles. The smallest absolute Gasteiger partial charge is 0.374 e. The molecular weight excluding hydrogens is 336 g/mol. The minimum Gasteiger partial charge on any atom is -0.374 e. The van der Waals surface area contributed by atoms with Crippen molar-refractivity contribution in [2.75, 3.05) is 42.7 Å². The highest BCUT2D eigenvalue weighted by Gasteiger charge is 2.58. The van der Waals surface area contributed by atoms with Crippen molar-refractivity contribution in [1.29, 1.82) is 0 Å². The van der Waals surface area contributed by atoms with Crippen molar-refractivity contribution in [3.63, 3.8) is 0 Å². The predicted octanol–water partition coefficient (Wildman–Crippen LogP) is 2.11. The van der Waals surface area contributed by atoms with E-state index in [9.17, 15) is 0 Å². The van der Waals surface area contributed by atoms with Gasteiger partial charge in [-0.15, -0.1) is 13.2 Å². The van der Waals surface area contributed by atoms with Crippen LogP contribution in [0.1, 0.15) is 6.92 Å². The molecule has 0 aromatic heterocycles. The van der Waals surface area contributed by atoms with Crippen LogP contribution in [-0.2, 0) is 26.6 Å². The first-order chi connectivity index (χ1) is 10.2. The lowest BCUT2D eigenvalue weighted by atomic mass is 11.0. The van der Waals surface area contributed by atoms with Crippen molar-refractivity contribution in [3.05, 3.63) is 22.8 Å². The van der Waals surface area contributed by atoms with Crippen LogP contribution in [0.15, 0.2) is 22.8 Å². The van der Waals surface area contributed by atoms with Crippen LogP contribution < -0.4 is 0 Å². The summed E-state index contributed by atoms with van der Waals surface area (Å²) in [7, 11) is 1.12. The van der Waals surface area contributed by atoms with Crippen LogP contribution in [0.25, 0.3) is 0 Å². The Kier molecular flexibility index (Phi) is 8.62. The number of hydrogen-bond donors (Lipinski definition) is 0. The van der Waals surface area contributed by atoms with Crippen LogP contribution in [-0.4, -0.2) is 68.3 Å². The highest BCUT2D eigenvalue weighted by atomic mass is 28.5. The van der Waals surface area contributed by atoms with E-state index in [1.165, 1.54) is 0 Å². The summed E-state index contributed by atoms with van der Waals surface area (Å²) >= 11 is 0. The van der Waals surface area contributed by atoms with Crippen molar-refractivity contribution >= 4 is 25.7 Å². The molecule has 0 atom stereocenters. The van der Waals surface area contributed by atoms with Gasteiger partial charge in [0.25, 0.3) is 0 Å². The molecule has 0 unspecified atom stereocenters. The monoisotopic (exact) mass is 366 g/mol. The standard InChI is InChI=1S/C13H30O6Si3/c1-11-20(10,12(2)21(14-4,15-5)16-6)13(3)22(17-7,18-8)19-9/h2-3,11H2,1,4-10H3. The minimum absolute atomic E-state index is 0.834. The maximum Gasteiger partial charge on any atom is 0.527 e. The van der Waals surface area contributed by atoms with Gasteiger partial charge in [-0.05, 0) is 9.64 Å². The quantitative estimate of drug-likeness (QED) is 0.522. The van der Waals surface area contributed by atoms with E-state index in [1.807, 2.05) is 0 Å². The topological polar surface area (TPSA) is 55.4 Å². The summed E-state index contributed by atoms with van der Waals surface area (Å²) < 4.78 is 33.5. The molecule has 0 spiro atoms. The molecule has 0 saturated carbocycles. The Hall–Kier alpha value is -0.109. The van der Waals surface area contributed by atoms with E-state index >= 15 is 0 Å². The van der Waals surface area contributed by atoms with E-state index in [0.29, 0.717) is 0 Å². The Bertz CT molecular complexity index is 345. The molecule has 0 fully saturated rings. The SMILES string of the molecule is C=C([Si](OC)(OC)OC)[Si](C)(CC)C(=C)[Si](OC)(OC)OC. The van der Waals surface area contributed by atoms with Gasteiger partial charge < -0.3 is 26.6 Å². The van der Waals surface area contributed by atoms with Crippen LogP contribution in [0.3, 0.4) is 0 Å². The summed E-state index contributed by atoms with van der Waals surface area (Å²) in [6.45, 7) is 12.7.